The van der Waals surface area contributed by atoms with Crippen LogP contribution in [0.15, 0.2) is 30.3 Å². The van der Waals surface area contributed by atoms with E-state index in [9.17, 15) is 4.79 Å². The van der Waals surface area contributed by atoms with Crippen molar-refractivity contribution in [3.63, 3.8) is 0 Å². The number of benzene rings is 2. The van der Waals surface area contributed by atoms with Crippen LogP contribution in [0.3, 0.4) is 0 Å². The van der Waals surface area contributed by atoms with Crippen molar-refractivity contribution in [2.75, 3.05) is 33.4 Å². The number of hydrogen-bond donors (Lipinski definition) is 1. The molecule has 0 unspecified atom stereocenters. The Balaban J connectivity index is 1.36. The number of carbonyl (C=O) groups excluding carboxylic acids is 1. The van der Waals surface area contributed by atoms with Crippen LogP contribution in [-0.2, 0) is 22.7 Å². The van der Waals surface area contributed by atoms with E-state index in [4.69, 9.17) is 21.1 Å². The molecule has 5 nitrogen and oxygen atoms in total. The summed E-state index contributed by atoms with van der Waals surface area (Å²) in [5.41, 5.74) is 5.73. The summed E-state index contributed by atoms with van der Waals surface area (Å²) in [6.45, 7) is 8.66. The summed E-state index contributed by atoms with van der Waals surface area (Å²) in [5.74, 6) is 1.60. The lowest BCUT2D eigenvalue weighted by atomic mass is 9.96. The monoisotopic (exact) mass is 428 g/mol. The Kier molecular flexibility index (Phi) is 6.32. The average molecular weight is 429 g/mol. The van der Waals surface area contributed by atoms with Gasteiger partial charge in [0.2, 0.25) is 5.91 Å². The first kappa shape index (κ1) is 21.2. The molecule has 0 atom stereocenters. The van der Waals surface area contributed by atoms with E-state index < -0.39 is 0 Å². The first-order chi connectivity index (χ1) is 14.4. The van der Waals surface area contributed by atoms with E-state index in [1.807, 2.05) is 6.07 Å². The zero-order valence-electron chi connectivity index (χ0n) is 17.8. The van der Waals surface area contributed by atoms with Gasteiger partial charge in [0.25, 0.3) is 0 Å². The summed E-state index contributed by atoms with van der Waals surface area (Å²) in [5, 5.41) is 3.52. The van der Waals surface area contributed by atoms with E-state index >= 15 is 0 Å². The molecular formula is C24H29ClN2O3. The van der Waals surface area contributed by atoms with E-state index in [2.05, 4.69) is 48.3 Å². The van der Waals surface area contributed by atoms with E-state index in [0.29, 0.717) is 12.5 Å². The maximum absolute atomic E-state index is 11.7. The molecular weight excluding hydrogens is 400 g/mol. The molecule has 2 aromatic rings. The van der Waals surface area contributed by atoms with Gasteiger partial charge in [-0.2, -0.15) is 0 Å². The molecule has 1 amide bonds. The number of rotatable bonds is 7. The number of aryl methyl sites for hydroxylation is 2. The Bertz CT molecular complexity index is 913. The van der Waals surface area contributed by atoms with Gasteiger partial charge in [0, 0.05) is 37.6 Å². The number of amides is 1. The fourth-order valence-electron chi connectivity index (χ4n) is 4.25. The smallest absolute Gasteiger partial charge is 0.225 e. The van der Waals surface area contributed by atoms with E-state index in [-0.39, 0.29) is 11.8 Å². The fourth-order valence-corrected chi connectivity index (χ4v) is 4.61. The van der Waals surface area contributed by atoms with Gasteiger partial charge in [0.1, 0.15) is 12.4 Å². The highest BCUT2D eigenvalue weighted by Crippen LogP contribution is 2.32. The predicted molar refractivity (Wildman–Crippen MR) is 118 cm³/mol. The first-order valence-electron chi connectivity index (χ1n) is 10.5. The van der Waals surface area contributed by atoms with E-state index in [1.54, 1.807) is 7.05 Å². The number of nitrogens with one attached hydrogen (secondary N) is 1. The van der Waals surface area contributed by atoms with Crippen molar-refractivity contribution in [1.29, 1.82) is 0 Å². The van der Waals surface area contributed by atoms with Gasteiger partial charge in [0.15, 0.2) is 0 Å². The zero-order chi connectivity index (χ0) is 21.3. The highest BCUT2D eigenvalue weighted by molar-refractivity contribution is 6.31. The highest BCUT2D eigenvalue weighted by atomic mass is 35.5. The fraction of sp³-hybridized carbons (Fsp3) is 0.458. The number of carbonyl (C=O) groups is 1. The molecule has 2 saturated heterocycles. The van der Waals surface area contributed by atoms with Crippen LogP contribution < -0.4 is 10.1 Å². The average Bonchev–Trinajstić information content (AvgIpc) is 2.63. The summed E-state index contributed by atoms with van der Waals surface area (Å²) >= 11 is 6.47. The topological polar surface area (TPSA) is 50.8 Å². The highest BCUT2D eigenvalue weighted by Gasteiger charge is 2.31. The van der Waals surface area contributed by atoms with Crippen molar-refractivity contribution in [1.82, 2.24) is 10.2 Å². The second-order valence-corrected chi connectivity index (χ2v) is 8.85. The van der Waals surface area contributed by atoms with Crippen molar-refractivity contribution >= 4 is 17.5 Å². The summed E-state index contributed by atoms with van der Waals surface area (Å²) in [6, 6.07) is 10.5. The second kappa shape index (κ2) is 8.96. The molecule has 2 fully saturated rings. The predicted octanol–water partition coefficient (Wildman–Crippen LogP) is 3.83. The Morgan fingerprint density at radius 3 is 2.43 bits per heavy atom. The summed E-state index contributed by atoms with van der Waals surface area (Å²) < 4.78 is 11.4. The van der Waals surface area contributed by atoms with Gasteiger partial charge in [-0.3, -0.25) is 9.69 Å². The Morgan fingerprint density at radius 1 is 1.17 bits per heavy atom. The van der Waals surface area contributed by atoms with Crippen molar-refractivity contribution < 1.29 is 14.3 Å². The zero-order valence-corrected chi connectivity index (χ0v) is 18.6. The molecule has 0 radical (unpaired) electrons. The number of likely N-dealkylation sites (tertiary alicyclic amines) is 1. The molecule has 6 heteroatoms. The molecule has 160 valence electrons. The van der Waals surface area contributed by atoms with Crippen molar-refractivity contribution in [2.24, 2.45) is 5.92 Å². The van der Waals surface area contributed by atoms with E-state index in [0.717, 1.165) is 65.9 Å². The maximum atomic E-state index is 11.7. The van der Waals surface area contributed by atoms with Gasteiger partial charge in [0.05, 0.1) is 19.1 Å². The van der Waals surface area contributed by atoms with Gasteiger partial charge in [-0.25, -0.2) is 0 Å². The molecule has 4 rings (SSSR count). The van der Waals surface area contributed by atoms with Gasteiger partial charge in [-0.15, -0.1) is 0 Å². The Morgan fingerprint density at radius 2 is 1.87 bits per heavy atom. The Labute approximate surface area is 183 Å². The number of halogens is 1. The molecule has 2 aliphatic heterocycles. The normalized spacial score (nSPS) is 17.3. The number of nitrogens with zero attached hydrogens (tertiary/aromatic N) is 1. The van der Waals surface area contributed by atoms with Gasteiger partial charge >= 0.3 is 0 Å². The van der Waals surface area contributed by atoms with Crippen LogP contribution in [0, 0.1) is 19.8 Å². The third-order valence-corrected chi connectivity index (χ3v) is 6.35. The molecule has 0 aromatic heterocycles. The minimum Gasteiger partial charge on any atom is -0.488 e. The second-order valence-electron chi connectivity index (χ2n) is 8.44. The molecule has 0 bridgehead atoms. The first-order valence-corrected chi connectivity index (χ1v) is 10.9. The van der Waals surface area contributed by atoms with Crippen LogP contribution in [0.2, 0.25) is 5.02 Å². The minimum absolute atomic E-state index is 0.120. The van der Waals surface area contributed by atoms with Crippen LogP contribution >= 0.6 is 11.6 Å². The molecule has 1 N–H and O–H groups in total. The quantitative estimate of drug-likeness (QED) is 0.728. The summed E-state index contributed by atoms with van der Waals surface area (Å²) in [6.07, 6.45) is 0. The molecule has 0 spiro atoms. The number of ether oxygens (including phenoxy) is 2. The minimum atomic E-state index is 0.120. The molecule has 0 aliphatic carbocycles. The third kappa shape index (κ3) is 4.48. The van der Waals surface area contributed by atoms with Crippen LogP contribution in [-0.4, -0.2) is 44.2 Å². The van der Waals surface area contributed by atoms with Crippen molar-refractivity contribution in [3.8, 4) is 5.75 Å². The number of hydrogen-bond acceptors (Lipinski definition) is 4. The van der Waals surface area contributed by atoms with Crippen LogP contribution in [0.25, 0.3) is 0 Å². The molecule has 2 heterocycles. The maximum Gasteiger partial charge on any atom is 0.225 e. The largest absolute Gasteiger partial charge is 0.488 e. The molecule has 2 aromatic carbocycles. The van der Waals surface area contributed by atoms with Gasteiger partial charge < -0.3 is 14.8 Å². The molecule has 30 heavy (non-hydrogen) atoms. The van der Waals surface area contributed by atoms with Gasteiger partial charge in [-0.05, 0) is 47.7 Å². The van der Waals surface area contributed by atoms with Crippen molar-refractivity contribution in [3.05, 3.63) is 63.2 Å². The molecule has 2 aliphatic rings. The SMILES string of the molecule is CNC(=O)C1CN(Cc2cc(C)c(OCc3ccc(C4COC4)c(Cl)c3)c(C)c2)C1. The lowest BCUT2D eigenvalue weighted by molar-refractivity contribution is -0.129. The Hall–Kier alpha value is -2.08. The standard InChI is InChI=1S/C24H29ClN2O3/c1-15-6-18(9-27-10-19(11-27)24(28)26-3)7-16(2)23(15)30-12-17-4-5-21(22(25)8-17)20-13-29-14-20/h4-8,19-20H,9-14H2,1-3H3,(H,26,28). The van der Waals surface area contributed by atoms with Gasteiger partial charge in [-0.1, -0.05) is 35.9 Å². The van der Waals surface area contributed by atoms with Crippen LogP contribution in [0.5, 0.6) is 5.75 Å². The molecule has 0 saturated carbocycles. The summed E-state index contributed by atoms with van der Waals surface area (Å²) in [4.78, 5) is 14.0. The van der Waals surface area contributed by atoms with Crippen LogP contribution in [0.1, 0.15) is 33.7 Å². The lowest BCUT2D eigenvalue weighted by Gasteiger charge is -2.38. The van der Waals surface area contributed by atoms with E-state index in [1.165, 1.54) is 5.56 Å². The lowest BCUT2D eigenvalue weighted by Crippen LogP contribution is -2.52. The third-order valence-electron chi connectivity index (χ3n) is 6.03. The van der Waals surface area contributed by atoms with Crippen LogP contribution in [0.4, 0.5) is 0 Å². The summed E-state index contributed by atoms with van der Waals surface area (Å²) in [7, 11) is 1.70. The van der Waals surface area contributed by atoms with Crippen molar-refractivity contribution in [2.45, 2.75) is 32.9 Å².